The molecule has 4 nitrogen and oxygen atoms in total. The molecule has 1 fully saturated rings. The zero-order chi connectivity index (χ0) is 17.7. The highest BCUT2D eigenvalue weighted by Gasteiger charge is 2.43. The summed E-state index contributed by atoms with van der Waals surface area (Å²) in [5.41, 5.74) is 0.984. The van der Waals surface area contributed by atoms with Crippen molar-refractivity contribution >= 4 is 11.9 Å². The van der Waals surface area contributed by atoms with E-state index in [0.29, 0.717) is 12.8 Å². The van der Waals surface area contributed by atoms with Crippen molar-refractivity contribution in [3.05, 3.63) is 35.4 Å². The molecule has 1 aliphatic rings. The molecular formula is C18H23F2NO3. The number of carboxylic acid groups (broad SMARTS) is 1. The third-order valence-electron chi connectivity index (χ3n) is 4.82. The molecule has 1 saturated carbocycles. The summed E-state index contributed by atoms with van der Waals surface area (Å²) in [5, 5.41) is 11.5. The number of carbonyl (C=O) groups excluding carboxylic acids is 1. The Morgan fingerprint density at radius 2 is 1.83 bits per heavy atom. The minimum Gasteiger partial charge on any atom is -0.480 e. The molecule has 0 bridgehead atoms. The lowest BCUT2D eigenvalue weighted by Crippen LogP contribution is -2.52. The molecule has 0 heterocycles. The van der Waals surface area contributed by atoms with Crippen LogP contribution in [0.25, 0.3) is 0 Å². The van der Waals surface area contributed by atoms with Crippen molar-refractivity contribution in [3.63, 3.8) is 0 Å². The normalized spacial score (nSPS) is 18.2. The zero-order valence-corrected chi connectivity index (χ0v) is 13.7. The lowest BCUT2D eigenvalue weighted by molar-refractivity contribution is -0.144. The standard InChI is InChI=1S/C18H23F2NO3/c1-12-7-3-4-8-13(12)18(9-5-2-6-10-18)17(24)21-14(16(22)23)11-15(19)20/h3-4,7-8,14-15H,2,5-6,9-11H2,1H3,(H,21,24)(H,22,23). The van der Waals surface area contributed by atoms with Crippen LogP contribution in [0.4, 0.5) is 8.78 Å². The van der Waals surface area contributed by atoms with Crippen LogP contribution in [0.1, 0.15) is 49.7 Å². The molecule has 1 aromatic carbocycles. The molecule has 1 unspecified atom stereocenters. The van der Waals surface area contributed by atoms with E-state index in [2.05, 4.69) is 5.32 Å². The SMILES string of the molecule is Cc1ccccc1C1(C(=O)NC(CC(F)F)C(=O)O)CCCCC1. The molecule has 1 atom stereocenters. The van der Waals surface area contributed by atoms with Crippen molar-refractivity contribution < 1.29 is 23.5 Å². The molecule has 6 heteroatoms. The number of rotatable bonds is 6. The maximum atomic E-state index is 12.9. The number of aryl methyl sites for hydroxylation is 1. The number of hydrogen-bond acceptors (Lipinski definition) is 2. The van der Waals surface area contributed by atoms with Gasteiger partial charge in [0.05, 0.1) is 5.41 Å². The third-order valence-corrected chi connectivity index (χ3v) is 4.82. The number of nitrogens with one attached hydrogen (secondary N) is 1. The highest BCUT2D eigenvalue weighted by Crippen LogP contribution is 2.41. The molecule has 0 aliphatic heterocycles. The highest BCUT2D eigenvalue weighted by atomic mass is 19.3. The lowest BCUT2D eigenvalue weighted by atomic mass is 9.67. The van der Waals surface area contributed by atoms with Crippen LogP contribution < -0.4 is 5.32 Å². The summed E-state index contributed by atoms with van der Waals surface area (Å²) in [5.74, 6) is -1.89. The van der Waals surface area contributed by atoms with E-state index in [1.807, 2.05) is 31.2 Å². The number of carbonyl (C=O) groups is 2. The topological polar surface area (TPSA) is 66.4 Å². The van der Waals surface area contributed by atoms with Gasteiger partial charge in [0.25, 0.3) is 0 Å². The first-order valence-corrected chi connectivity index (χ1v) is 8.25. The van der Waals surface area contributed by atoms with Gasteiger partial charge in [0, 0.05) is 6.42 Å². The van der Waals surface area contributed by atoms with Crippen molar-refractivity contribution in [3.8, 4) is 0 Å². The van der Waals surface area contributed by atoms with E-state index in [9.17, 15) is 18.4 Å². The molecule has 2 rings (SSSR count). The summed E-state index contributed by atoms with van der Waals surface area (Å²) in [6.45, 7) is 1.91. The number of benzene rings is 1. The third kappa shape index (κ3) is 3.91. The van der Waals surface area contributed by atoms with Gasteiger partial charge in [0.2, 0.25) is 12.3 Å². The van der Waals surface area contributed by atoms with E-state index < -0.39 is 36.2 Å². The second-order valence-electron chi connectivity index (χ2n) is 6.45. The molecule has 132 valence electrons. The smallest absolute Gasteiger partial charge is 0.326 e. The highest BCUT2D eigenvalue weighted by molar-refractivity contribution is 5.92. The van der Waals surface area contributed by atoms with E-state index >= 15 is 0 Å². The molecule has 0 saturated heterocycles. The first-order chi connectivity index (χ1) is 11.4. The van der Waals surface area contributed by atoms with E-state index in [-0.39, 0.29) is 0 Å². The second-order valence-corrected chi connectivity index (χ2v) is 6.45. The summed E-state index contributed by atoms with van der Waals surface area (Å²) in [7, 11) is 0. The van der Waals surface area contributed by atoms with Gasteiger partial charge in [-0.2, -0.15) is 0 Å². The Morgan fingerprint density at radius 3 is 2.38 bits per heavy atom. The number of hydrogen-bond donors (Lipinski definition) is 2. The molecule has 0 radical (unpaired) electrons. The van der Waals surface area contributed by atoms with Crippen LogP contribution in [0.2, 0.25) is 0 Å². The van der Waals surface area contributed by atoms with Crippen LogP contribution in [-0.4, -0.2) is 29.5 Å². The molecular weight excluding hydrogens is 316 g/mol. The van der Waals surface area contributed by atoms with Crippen molar-refractivity contribution in [1.29, 1.82) is 0 Å². The van der Waals surface area contributed by atoms with Gasteiger partial charge in [-0.1, -0.05) is 43.5 Å². The van der Waals surface area contributed by atoms with Crippen LogP contribution in [0.3, 0.4) is 0 Å². The number of alkyl halides is 2. The molecule has 1 amide bonds. The predicted octanol–water partition coefficient (Wildman–Crippen LogP) is 3.42. The minimum atomic E-state index is -2.79. The Hall–Kier alpha value is -1.98. The van der Waals surface area contributed by atoms with Gasteiger partial charge in [-0.05, 0) is 30.9 Å². The van der Waals surface area contributed by atoms with Crippen molar-refractivity contribution in [2.45, 2.75) is 63.3 Å². The van der Waals surface area contributed by atoms with Crippen molar-refractivity contribution in [1.82, 2.24) is 5.32 Å². The Labute approximate surface area is 140 Å². The first kappa shape index (κ1) is 18.4. The van der Waals surface area contributed by atoms with Crippen molar-refractivity contribution in [2.75, 3.05) is 0 Å². The monoisotopic (exact) mass is 339 g/mol. The van der Waals surface area contributed by atoms with Crippen LogP contribution in [0.5, 0.6) is 0 Å². The quantitative estimate of drug-likeness (QED) is 0.834. The Morgan fingerprint density at radius 1 is 1.21 bits per heavy atom. The molecule has 0 aromatic heterocycles. The summed E-state index contributed by atoms with van der Waals surface area (Å²) in [6.07, 6.45) is 0.260. The molecule has 1 aliphatic carbocycles. The Kier molecular flexibility index (Phi) is 5.91. The number of carboxylic acids is 1. The Balaban J connectivity index is 2.32. The second kappa shape index (κ2) is 7.73. The van der Waals surface area contributed by atoms with Crippen LogP contribution >= 0.6 is 0 Å². The average Bonchev–Trinajstić information content (AvgIpc) is 2.54. The van der Waals surface area contributed by atoms with Crippen molar-refractivity contribution in [2.24, 2.45) is 0 Å². The molecule has 1 aromatic rings. The number of halogens is 2. The summed E-state index contributed by atoms with van der Waals surface area (Å²) in [6, 6.07) is 5.94. The Bertz CT molecular complexity index is 598. The maximum Gasteiger partial charge on any atom is 0.326 e. The van der Waals surface area contributed by atoms with Crippen LogP contribution in [0, 0.1) is 6.92 Å². The fourth-order valence-electron chi connectivity index (χ4n) is 3.58. The average molecular weight is 339 g/mol. The van der Waals surface area contributed by atoms with Gasteiger partial charge < -0.3 is 10.4 Å². The van der Waals surface area contributed by atoms with Gasteiger partial charge in [-0.25, -0.2) is 13.6 Å². The lowest BCUT2D eigenvalue weighted by Gasteiger charge is -2.38. The number of amides is 1. The maximum absolute atomic E-state index is 12.9. The van der Waals surface area contributed by atoms with Gasteiger partial charge in [-0.15, -0.1) is 0 Å². The van der Waals surface area contributed by atoms with Crippen LogP contribution in [0.15, 0.2) is 24.3 Å². The molecule has 2 N–H and O–H groups in total. The summed E-state index contributed by atoms with van der Waals surface area (Å²) >= 11 is 0. The fourth-order valence-corrected chi connectivity index (χ4v) is 3.58. The van der Waals surface area contributed by atoms with Gasteiger partial charge in [0.1, 0.15) is 6.04 Å². The first-order valence-electron chi connectivity index (χ1n) is 8.25. The van der Waals surface area contributed by atoms with Gasteiger partial charge in [-0.3, -0.25) is 4.79 Å². The minimum absolute atomic E-state index is 0.454. The summed E-state index contributed by atoms with van der Waals surface area (Å²) < 4.78 is 25.2. The van der Waals surface area contributed by atoms with Crippen LogP contribution in [-0.2, 0) is 15.0 Å². The van der Waals surface area contributed by atoms with E-state index in [1.54, 1.807) is 0 Å². The fraction of sp³-hybridized carbons (Fsp3) is 0.556. The largest absolute Gasteiger partial charge is 0.480 e. The van der Waals surface area contributed by atoms with E-state index in [4.69, 9.17) is 5.11 Å². The zero-order valence-electron chi connectivity index (χ0n) is 13.7. The van der Waals surface area contributed by atoms with E-state index in [1.165, 1.54) is 0 Å². The molecule has 24 heavy (non-hydrogen) atoms. The predicted molar refractivity (Wildman–Crippen MR) is 86.1 cm³/mol. The molecule has 0 spiro atoms. The van der Waals surface area contributed by atoms with E-state index in [0.717, 1.165) is 30.4 Å². The number of aliphatic carboxylic acids is 1. The van der Waals surface area contributed by atoms with Gasteiger partial charge in [0.15, 0.2) is 0 Å². The summed E-state index contributed by atoms with van der Waals surface area (Å²) in [4.78, 5) is 24.2. The van der Waals surface area contributed by atoms with Gasteiger partial charge >= 0.3 is 5.97 Å².